The molecule has 0 aliphatic rings. The zero-order valence-corrected chi connectivity index (χ0v) is 23.9. The van der Waals surface area contributed by atoms with Crippen LogP contribution in [0.3, 0.4) is 0 Å². The molecule has 2 aromatic heterocycles. The Kier molecular flexibility index (Phi) is 5.61. The lowest BCUT2D eigenvalue weighted by Crippen LogP contribution is -2.39. The van der Waals surface area contributed by atoms with Gasteiger partial charge in [-0.25, -0.2) is 4.85 Å². The number of pyridine rings is 1. The first-order chi connectivity index (χ1) is 16.9. The first kappa shape index (κ1) is 24.3. The van der Waals surface area contributed by atoms with Crippen molar-refractivity contribution in [2.45, 2.75) is 60.2 Å². The van der Waals surface area contributed by atoms with E-state index in [1.807, 2.05) is 19.1 Å². The van der Waals surface area contributed by atoms with Crippen molar-refractivity contribution in [1.82, 2.24) is 0 Å². The second kappa shape index (κ2) is 8.32. The van der Waals surface area contributed by atoms with Crippen molar-refractivity contribution >= 4 is 51.8 Å². The fraction of sp³-hybridized carbons (Fsp3) is 0.312. The van der Waals surface area contributed by atoms with E-state index in [2.05, 4.69) is 94.1 Å². The Balaban J connectivity index is 1.92. The van der Waals surface area contributed by atoms with Crippen LogP contribution in [0.25, 0.3) is 48.9 Å². The molecule has 0 fully saturated rings. The summed E-state index contributed by atoms with van der Waals surface area (Å²) in [5, 5.41) is 5.02. The summed E-state index contributed by atoms with van der Waals surface area (Å²) in [7, 11) is 0.742. The summed E-state index contributed by atoms with van der Waals surface area (Å²) in [5.41, 5.74) is 10.7. The van der Waals surface area contributed by atoms with Gasteiger partial charge in [-0.15, -0.1) is 0 Å². The van der Waals surface area contributed by atoms with Gasteiger partial charge in [0, 0.05) is 28.3 Å². The predicted octanol–water partition coefficient (Wildman–Crippen LogP) is 8.38. The minimum atomic E-state index is -1.43. The molecule has 3 aromatic carbocycles. The predicted molar refractivity (Wildman–Crippen MR) is 155 cm³/mol. The molecular formula is C32H35N2OSi+. The minimum Gasteiger partial charge on any atom is -0.456 e. The van der Waals surface area contributed by atoms with Crippen LogP contribution in [0.1, 0.15) is 42.0 Å². The Hall–Kier alpha value is -3.42. The number of furan rings is 1. The molecule has 0 aliphatic carbocycles. The first-order valence-electron chi connectivity index (χ1n) is 12.7. The van der Waals surface area contributed by atoms with Crippen LogP contribution in [0, 0.1) is 27.3 Å². The van der Waals surface area contributed by atoms with E-state index in [4.69, 9.17) is 11.0 Å². The number of rotatable bonds is 3. The van der Waals surface area contributed by atoms with Crippen LogP contribution in [0.5, 0.6) is 0 Å². The van der Waals surface area contributed by atoms with Crippen molar-refractivity contribution in [3.63, 3.8) is 0 Å². The Bertz CT molecular complexity index is 1740. The quantitative estimate of drug-likeness (QED) is 0.141. The van der Waals surface area contributed by atoms with Gasteiger partial charge in [-0.2, -0.15) is 4.57 Å². The van der Waals surface area contributed by atoms with Gasteiger partial charge in [0.15, 0.2) is 5.69 Å². The highest BCUT2D eigenvalue weighted by Gasteiger charge is 2.27. The van der Waals surface area contributed by atoms with E-state index in [0.29, 0.717) is 11.6 Å². The molecule has 0 amide bonds. The van der Waals surface area contributed by atoms with Crippen LogP contribution in [0.4, 0.5) is 5.69 Å². The highest BCUT2D eigenvalue weighted by Crippen LogP contribution is 2.42. The van der Waals surface area contributed by atoms with Crippen molar-refractivity contribution in [3.8, 4) is 11.3 Å². The van der Waals surface area contributed by atoms with Crippen LogP contribution in [-0.2, 0) is 7.05 Å². The Morgan fingerprint density at radius 2 is 1.58 bits per heavy atom. The van der Waals surface area contributed by atoms with Crippen LogP contribution in [0.2, 0.25) is 19.6 Å². The van der Waals surface area contributed by atoms with Crippen molar-refractivity contribution in [1.29, 1.82) is 0 Å². The third-order valence-electron chi connectivity index (χ3n) is 7.86. The molecule has 3 nitrogen and oxygen atoms in total. The van der Waals surface area contributed by atoms with E-state index in [1.165, 1.54) is 38.5 Å². The highest BCUT2D eigenvalue weighted by molar-refractivity contribution is 6.88. The molecule has 0 saturated carbocycles. The molecule has 182 valence electrons. The molecule has 0 saturated heterocycles. The molecule has 0 N–H and O–H groups in total. The van der Waals surface area contributed by atoms with E-state index >= 15 is 0 Å². The Labute approximate surface area is 215 Å². The standard InChI is InChI=1S/C32H35N2OSi/c1-18(2)24-17-29(34(7)28-14-11-22(16-25(24)28)36(8,9)10)30-20(4)19(3)15-26-23-12-13-27(33-6)21(5)31(23)35-32(26)30/h11-18H,1-5,7-10H3/q+1. The first-order valence-corrected chi connectivity index (χ1v) is 16.2. The van der Waals surface area contributed by atoms with Gasteiger partial charge in [0.05, 0.1) is 20.2 Å². The summed E-state index contributed by atoms with van der Waals surface area (Å²) in [4.78, 5) is 3.70. The molecule has 5 aromatic rings. The number of nitrogens with zero attached hydrogens (tertiary/aromatic N) is 2. The average molecular weight is 492 g/mol. The van der Waals surface area contributed by atoms with Crippen LogP contribution in [0.15, 0.2) is 46.9 Å². The van der Waals surface area contributed by atoms with Gasteiger partial charge >= 0.3 is 0 Å². The molecule has 36 heavy (non-hydrogen) atoms. The summed E-state index contributed by atoms with van der Waals surface area (Å²) >= 11 is 0. The van der Waals surface area contributed by atoms with Crippen molar-refractivity contribution < 1.29 is 8.98 Å². The molecule has 0 unspecified atom stereocenters. The maximum absolute atomic E-state index is 7.54. The maximum Gasteiger partial charge on any atom is 0.217 e. The molecular weight excluding hydrogens is 456 g/mol. The van der Waals surface area contributed by atoms with E-state index < -0.39 is 8.07 Å². The van der Waals surface area contributed by atoms with Crippen molar-refractivity contribution in [2.24, 2.45) is 7.05 Å². The lowest BCUT2D eigenvalue weighted by atomic mass is 9.92. The molecule has 0 spiro atoms. The fourth-order valence-corrected chi connectivity index (χ4v) is 6.61. The van der Waals surface area contributed by atoms with Gasteiger partial charge in [-0.05, 0) is 61.1 Å². The van der Waals surface area contributed by atoms with Gasteiger partial charge in [0.1, 0.15) is 18.2 Å². The van der Waals surface area contributed by atoms with Gasteiger partial charge in [-0.1, -0.05) is 56.9 Å². The number of benzene rings is 3. The molecule has 2 heterocycles. The number of aromatic nitrogens is 1. The number of fused-ring (bicyclic) bond motifs is 4. The molecule has 0 atom stereocenters. The smallest absolute Gasteiger partial charge is 0.217 e. The summed E-state index contributed by atoms with van der Waals surface area (Å²) in [6, 6.07) is 15.7. The van der Waals surface area contributed by atoms with Crippen LogP contribution < -0.4 is 9.75 Å². The number of aryl methyl sites for hydroxylation is 3. The monoisotopic (exact) mass is 491 g/mol. The van der Waals surface area contributed by atoms with Crippen LogP contribution in [-0.4, -0.2) is 8.07 Å². The van der Waals surface area contributed by atoms with E-state index in [-0.39, 0.29) is 0 Å². The molecule has 5 rings (SSSR count). The second-order valence-corrected chi connectivity index (χ2v) is 16.6. The number of hydrogen-bond acceptors (Lipinski definition) is 1. The zero-order valence-electron chi connectivity index (χ0n) is 22.9. The summed E-state index contributed by atoms with van der Waals surface area (Å²) < 4.78 is 8.96. The van der Waals surface area contributed by atoms with E-state index in [1.54, 1.807) is 0 Å². The number of hydrogen-bond donors (Lipinski definition) is 0. The molecule has 0 bridgehead atoms. The minimum absolute atomic E-state index is 0.393. The normalized spacial score (nSPS) is 12.2. The zero-order chi connectivity index (χ0) is 26.1. The van der Waals surface area contributed by atoms with Gasteiger partial charge in [0.2, 0.25) is 11.2 Å². The maximum atomic E-state index is 7.54. The van der Waals surface area contributed by atoms with Gasteiger partial charge in [-0.3, -0.25) is 0 Å². The average Bonchev–Trinajstić information content (AvgIpc) is 3.18. The van der Waals surface area contributed by atoms with Crippen molar-refractivity contribution in [3.05, 3.63) is 76.1 Å². The third kappa shape index (κ3) is 3.57. The van der Waals surface area contributed by atoms with Crippen LogP contribution >= 0.6 is 0 Å². The van der Waals surface area contributed by atoms with E-state index in [9.17, 15) is 0 Å². The topological polar surface area (TPSA) is 21.4 Å². The summed E-state index contributed by atoms with van der Waals surface area (Å²) in [6.07, 6.45) is 0. The molecule has 0 radical (unpaired) electrons. The Morgan fingerprint density at radius 1 is 0.861 bits per heavy atom. The van der Waals surface area contributed by atoms with E-state index in [0.717, 1.165) is 33.1 Å². The SMILES string of the molecule is [C-]#[N+]c1ccc2c(oc3c(-c4cc(C(C)C)c5cc([Si](C)(C)C)ccc5[n+]4C)c(C)c(C)cc32)c1C. The molecule has 4 heteroatoms. The summed E-state index contributed by atoms with van der Waals surface area (Å²) in [6.45, 7) is 25.7. The third-order valence-corrected chi connectivity index (χ3v) is 9.90. The van der Waals surface area contributed by atoms with Gasteiger partial charge in [0.25, 0.3) is 0 Å². The summed E-state index contributed by atoms with van der Waals surface area (Å²) in [5.74, 6) is 0.393. The van der Waals surface area contributed by atoms with Crippen molar-refractivity contribution in [2.75, 3.05) is 0 Å². The molecule has 0 aliphatic heterocycles. The largest absolute Gasteiger partial charge is 0.456 e. The lowest BCUT2D eigenvalue weighted by molar-refractivity contribution is -0.633. The lowest BCUT2D eigenvalue weighted by Gasteiger charge is -2.19. The second-order valence-electron chi connectivity index (χ2n) is 11.6. The Morgan fingerprint density at radius 3 is 2.22 bits per heavy atom. The fourth-order valence-electron chi connectivity index (χ4n) is 5.45. The highest BCUT2D eigenvalue weighted by atomic mass is 28.3. The van der Waals surface area contributed by atoms with Gasteiger partial charge < -0.3 is 4.42 Å².